The molecule has 1 amide bonds. The van der Waals surface area contributed by atoms with Crippen LogP contribution in [0.15, 0.2) is 97.1 Å². The number of allylic oxidation sites excluding steroid dienone is 1. The molecule has 0 spiro atoms. The number of fused-ring (bicyclic) bond motifs is 2. The fraction of sp³-hybridized carbons (Fsp3) is 0.114. The van der Waals surface area contributed by atoms with Gasteiger partial charge in [-0.3, -0.25) is 4.79 Å². The first kappa shape index (κ1) is 28.5. The summed E-state index contributed by atoms with van der Waals surface area (Å²) in [5, 5.41) is 4.11. The quantitative estimate of drug-likeness (QED) is 0.186. The molecule has 1 aromatic heterocycles. The summed E-state index contributed by atoms with van der Waals surface area (Å²) in [6, 6.07) is 29.6. The molecular formula is C35H26Cl2N2O4. The van der Waals surface area contributed by atoms with Gasteiger partial charge in [-0.05, 0) is 91.1 Å². The number of esters is 1. The third-order valence-electron chi connectivity index (χ3n) is 7.17. The SMILES string of the molecule is C[C@H](OC(=O)c1c2c(nc3ccccc13)/C(=C\c1cccc(Oc3ccccc3)c1)CC2)C(=O)Nc1ccc(Cl)cc1Cl. The Kier molecular flexibility index (Phi) is 8.14. The fourth-order valence-corrected chi connectivity index (χ4v) is 5.56. The Morgan fingerprint density at radius 1 is 0.884 bits per heavy atom. The molecule has 6 nitrogen and oxygen atoms in total. The van der Waals surface area contributed by atoms with Crippen molar-refractivity contribution in [3.05, 3.63) is 129 Å². The lowest BCUT2D eigenvalue weighted by Gasteiger charge is -2.17. The van der Waals surface area contributed by atoms with Crippen molar-refractivity contribution >= 4 is 63.3 Å². The molecule has 1 N–H and O–H groups in total. The molecule has 0 saturated heterocycles. The lowest BCUT2D eigenvalue weighted by atomic mass is 10.0. The number of rotatable bonds is 7. The Labute approximate surface area is 258 Å². The first-order valence-corrected chi connectivity index (χ1v) is 14.5. The van der Waals surface area contributed by atoms with Crippen LogP contribution in [0.3, 0.4) is 0 Å². The van der Waals surface area contributed by atoms with Crippen LogP contribution in [0.5, 0.6) is 11.5 Å². The lowest BCUT2D eigenvalue weighted by molar-refractivity contribution is -0.123. The molecule has 5 aromatic rings. The largest absolute Gasteiger partial charge is 0.457 e. The summed E-state index contributed by atoms with van der Waals surface area (Å²) in [6.07, 6.45) is 2.32. The Morgan fingerprint density at radius 3 is 2.47 bits per heavy atom. The highest BCUT2D eigenvalue weighted by Crippen LogP contribution is 2.38. The maximum atomic E-state index is 13.7. The molecule has 0 saturated carbocycles. The third-order valence-corrected chi connectivity index (χ3v) is 7.71. The van der Waals surface area contributed by atoms with E-state index in [2.05, 4.69) is 11.4 Å². The van der Waals surface area contributed by atoms with E-state index in [1.807, 2.05) is 78.9 Å². The van der Waals surface area contributed by atoms with E-state index in [0.717, 1.165) is 33.9 Å². The van der Waals surface area contributed by atoms with Gasteiger partial charge in [-0.1, -0.05) is 71.7 Å². The molecule has 214 valence electrons. The van der Waals surface area contributed by atoms with Crippen LogP contribution in [0.4, 0.5) is 5.69 Å². The van der Waals surface area contributed by atoms with Gasteiger partial charge in [0.1, 0.15) is 11.5 Å². The van der Waals surface area contributed by atoms with Crippen molar-refractivity contribution in [2.45, 2.75) is 25.9 Å². The van der Waals surface area contributed by atoms with Crippen LogP contribution in [0, 0.1) is 0 Å². The summed E-state index contributed by atoms with van der Waals surface area (Å²) >= 11 is 12.2. The van der Waals surface area contributed by atoms with Crippen LogP contribution >= 0.6 is 23.2 Å². The summed E-state index contributed by atoms with van der Waals surface area (Å²) in [6.45, 7) is 1.52. The van der Waals surface area contributed by atoms with E-state index < -0.39 is 18.0 Å². The number of ether oxygens (including phenoxy) is 2. The minimum absolute atomic E-state index is 0.286. The van der Waals surface area contributed by atoms with Crippen LogP contribution in [0.2, 0.25) is 10.0 Å². The van der Waals surface area contributed by atoms with Crippen molar-refractivity contribution in [1.29, 1.82) is 0 Å². The maximum absolute atomic E-state index is 13.7. The van der Waals surface area contributed by atoms with Crippen molar-refractivity contribution in [2.75, 3.05) is 5.32 Å². The van der Waals surface area contributed by atoms with E-state index in [9.17, 15) is 9.59 Å². The number of hydrogen-bond donors (Lipinski definition) is 1. The third kappa shape index (κ3) is 6.26. The molecule has 0 aliphatic heterocycles. The van der Waals surface area contributed by atoms with Crippen molar-refractivity contribution < 1.29 is 19.1 Å². The zero-order valence-electron chi connectivity index (χ0n) is 23.1. The van der Waals surface area contributed by atoms with Gasteiger partial charge in [0, 0.05) is 10.4 Å². The topological polar surface area (TPSA) is 77.5 Å². The molecule has 6 rings (SSSR count). The second-order valence-corrected chi connectivity index (χ2v) is 11.0. The number of nitrogens with one attached hydrogen (secondary N) is 1. The Hall–Kier alpha value is -4.65. The number of nitrogens with zero attached hydrogens (tertiary/aromatic N) is 1. The maximum Gasteiger partial charge on any atom is 0.339 e. The molecule has 43 heavy (non-hydrogen) atoms. The number of anilines is 1. The Balaban J connectivity index is 1.28. The fourth-order valence-electron chi connectivity index (χ4n) is 5.10. The highest BCUT2D eigenvalue weighted by molar-refractivity contribution is 6.36. The van der Waals surface area contributed by atoms with Gasteiger partial charge >= 0.3 is 5.97 Å². The zero-order chi connectivity index (χ0) is 29.9. The lowest BCUT2D eigenvalue weighted by Crippen LogP contribution is -2.30. The van der Waals surface area contributed by atoms with Crippen LogP contribution in [0.1, 0.15) is 40.5 Å². The van der Waals surface area contributed by atoms with Crippen molar-refractivity contribution in [3.63, 3.8) is 0 Å². The van der Waals surface area contributed by atoms with E-state index in [0.29, 0.717) is 40.0 Å². The summed E-state index contributed by atoms with van der Waals surface area (Å²) in [5.41, 5.74) is 5.00. The van der Waals surface area contributed by atoms with Gasteiger partial charge in [-0.15, -0.1) is 0 Å². The van der Waals surface area contributed by atoms with Crippen LogP contribution in [-0.4, -0.2) is 23.0 Å². The number of amides is 1. The first-order valence-electron chi connectivity index (χ1n) is 13.8. The molecule has 4 aromatic carbocycles. The average Bonchev–Trinajstić information content (AvgIpc) is 3.39. The van der Waals surface area contributed by atoms with Gasteiger partial charge in [-0.2, -0.15) is 0 Å². The molecule has 0 unspecified atom stereocenters. The molecule has 1 aliphatic carbocycles. The average molecular weight is 610 g/mol. The number of benzene rings is 4. The molecule has 1 heterocycles. The van der Waals surface area contributed by atoms with Crippen molar-refractivity contribution in [3.8, 4) is 11.5 Å². The summed E-state index contributed by atoms with van der Waals surface area (Å²) in [5.74, 6) is 0.389. The molecule has 0 radical (unpaired) electrons. The number of carbonyl (C=O) groups excluding carboxylic acids is 2. The second kappa shape index (κ2) is 12.3. The zero-order valence-corrected chi connectivity index (χ0v) is 24.7. The predicted octanol–water partition coefficient (Wildman–Crippen LogP) is 9.00. The number of halogens is 2. The molecule has 0 fully saturated rings. The molecule has 1 atom stereocenters. The molecule has 1 aliphatic rings. The van der Waals surface area contributed by atoms with Gasteiger partial charge in [0.05, 0.1) is 27.5 Å². The highest BCUT2D eigenvalue weighted by atomic mass is 35.5. The Bertz CT molecular complexity index is 1890. The minimum atomic E-state index is -1.08. The summed E-state index contributed by atoms with van der Waals surface area (Å²) in [7, 11) is 0. The first-order chi connectivity index (χ1) is 20.9. The molecular weight excluding hydrogens is 583 g/mol. The monoisotopic (exact) mass is 608 g/mol. The van der Waals surface area contributed by atoms with Gasteiger partial charge in [0.15, 0.2) is 6.10 Å². The smallest absolute Gasteiger partial charge is 0.339 e. The van der Waals surface area contributed by atoms with E-state index in [4.69, 9.17) is 37.7 Å². The van der Waals surface area contributed by atoms with Crippen LogP contribution in [-0.2, 0) is 16.0 Å². The van der Waals surface area contributed by atoms with E-state index in [1.165, 1.54) is 13.0 Å². The van der Waals surface area contributed by atoms with E-state index in [-0.39, 0.29) is 5.02 Å². The Morgan fingerprint density at radius 2 is 1.65 bits per heavy atom. The number of hydrogen-bond acceptors (Lipinski definition) is 5. The van der Waals surface area contributed by atoms with Gasteiger partial charge in [0.2, 0.25) is 0 Å². The normalized spacial score (nSPS) is 13.9. The van der Waals surface area contributed by atoms with Crippen LogP contribution < -0.4 is 10.1 Å². The number of carbonyl (C=O) groups is 2. The second-order valence-electron chi connectivity index (χ2n) is 10.1. The highest BCUT2D eigenvalue weighted by Gasteiger charge is 2.29. The standard InChI is InChI=1S/C35H26Cl2N2O4/c1-21(34(40)39-31-17-15-24(36)20-29(31)37)42-35(41)32-27-12-5-6-13-30(27)38-33-23(14-16-28(32)33)18-22-8-7-11-26(19-22)43-25-9-3-2-4-10-25/h2-13,15,17-21H,14,16H2,1H3,(H,39,40)/b23-18-/t21-/m0/s1. The van der Waals surface area contributed by atoms with E-state index >= 15 is 0 Å². The van der Waals surface area contributed by atoms with Gasteiger partial charge < -0.3 is 14.8 Å². The van der Waals surface area contributed by atoms with Gasteiger partial charge in [-0.25, -0.2) is 9.78 Å². The summed E-state index contributed by atoms with van der Waals surface area (Å²) < 4.78 is 11.7. The molecule has 0 bridgehead atoms. The van der Waals surface area contributed by atoms with Crippen molar-refractivity contribution in [1.82, 2.24) is 4.98 Å². The summed E-state index contributed by atoms with van der Waals surface area (Å²) in [4.78, 5) is 31.5. The van der Waals surface area contributed by atoms with Crippen molar-refractivity contribution in [2.24, 2.45) is 0 Å². The minimum Gasteiger partial charge on any atom is -0.457 e. The molecule has 8 heteroatoms. The number of pyridine rings is 1. The van der Waals surface area contributed by atoms with E-state index in [1.54, 1.807) is 12.1 Å². The van der Waals surface area contributed by atoms with Crippen LogP contribution in [0.25, 0.3) is 22.6 Å². The predicted molar refractivity (Wildman–Crippen MR) is 171 cm³/mol. The number of aromatic nitrogens is 1. The number of para-hydroxylation sites is 2. The van der Waals surface area contributed by atoms with Gasteiger partial charge in [0.25, 0.3) is 5.91 Å².